The second-order valence-corrected chi connectivity index (χ2v) is 4.95. The summed E-state index contributed by atoms with van der Waals surface area (Å²) in [6.07, 6.45) is 1.90. The van der Waals surface area contributed by atoms with Crippen LogP contribution in [-0.2, 0) is 16.1 Å². The Morgan fingerprint density at radius 2 is 1.90 bits per heavy atom. The highest BCUT2D eigenvalue weighted by Gasteiger charge is 2.09. The molecule has 0 heterocycles. The fourth-order valence-electron chi connectivity index (χ4n) is 2.08. The van der Waals surface area contributed by atoms with E-state index in [0.29, 0.717) is 6.61 Å². The fraction of sp³-hybridized carbons (Fsp3) is 0.562. The second-order valence-electron chi connectivity index (χ2n) is 4.95. The monoisotopic (exact) mass is 279 g/mol. The van der Waals surface area contributed by atoms with Crippen LogP contribution >= 0.6 is 0 Å². The van der Waals surface area contributed by atoms with Crippen LogP contribution in [-0.4, -0.2) is 26.2 Å². The Bertz CT molecular complexity index is 420. The molecule has 0 spiro atoms. The van der Waals surface area contributed by atoms with Gasteiger partial charge in [-0.15, -0.1) is 0 Å². The van der Waals surface area contributed by atoms with Crippen LogP contribution < -0.4 is 10.1 Å². The molecule has 0 saturated carbocycles. The minimum atomic E-state index is -0.309. The molecule has 0 fully saturated rings. The largest absolute Gasteiger partial charge is 0.481 e. The third-order valence-corrected chi connectivity index (χ3v) is 3.00. The molecular formula is C16H25NO3. The van der Waals surface area contributed by atoms with Gasteiger partial charge in [-0.05, 0) is 44.0 Å². The Kier molecular flexibility index (Phi) is 7.09. The first-order chi connectivity index (χ1) is 9.58. The van der Waals surface area contributed by atoms with Gasteiger partial charge in [-0.2, -0.15) is 0 Å². The Balaban J connectivity index is 2.57. The molecule has 1 rings (SSSR count). The molecule has 0 aliphatic carbocycles. The summed E-state index contributed by atoms with van der Waals surface area (Å²) < 4.78 is 10.7. The number of ether oxygens (including phenoxy) is 2. The van der Waals surface area contributed by atoms with E-state index in [1.807, 2.05) is 20.9 Å². The van der Waals surface area contributed by atoms with Gasteiger partial charge >= 0.3 is 5.97 Å². The first kappa shape index (κ1) is 16.5. The molecule has 0 amide bonds. The highest BCUT2D eigenvalue weighted by molar-refractivity contribution is 5.71. The SMILES string of the molecule is CCCCOC(=O)COc1c(C)cc(CNC)cc1C. The number of aryl methyl sites for hydroxylation is 2. The number of rotatable bonds is 8. The summed E-state index contributed by atoms with van der Waals surface area (Å²) >= 11 is 0. The van der Waals surface area contributed by atoms with E-state index in [-0.39, 0.29) is 12.6 Å². The van der Waals surface area contributed by atoms with Gasteiger partial charge in [-0.25, -0.2) is 4.79 Å². The van der Waals surface area contributed by atoms with Crippen molar-refractivity contribution >= 4 is 5.97 Å². The molecule has 1 aromatic rings. The number of hydrogen-bond donors (Lipinski definition) is 1. The van der Waals surface area contributed by atoms with Crippen LogP contribution in [0.25, 0.3) is 0 Å². The molecule has 4 heteroatoms. The lowest BCUT2D eigenvalue weighted by atomic mass is 10.1. The Morgan fingerprint density at radius 1 is 1.25 bits per heavy atom. The van der Waals surface area contributed by atoms with Gasteiger partial charge in [0.05, 0.1) is 6.61 Å². The molecule has 4 nitrogen and oxygen atoms in total. The van der Waals surface area contributed by atoms with E-state index in [2.05, 4.69) is 24.4 Å². The summed E-state index contributed by atoms with van der Waals surface area (Å²) in [5.41, 5.74) is 3.29. The van der Waals surface area contributed by atoms with Gasteiger partial charge in [-0.3, -0.25) is 0 Å². The average molecular weight is 279 g/mol. The number of unbranched alkanes of at least 4 members (excludes halogenated alkanes) is 1. The maximum Gasteiger partial charge on any atom is 0.344 e. The number of carbonyl (C=O) groups is 1. The normalized spacial score (nSPS) is 10.4. The molecule has 1 aromatic carbocycles. The molecule has 0 aromatic heterocycles. The average Bonchev–Trinajstić information content (AvgIpc) is 2.38. The van der Waals surface area contributed by atoms with Crippen molar-refractivity contribution in [3.63, 3.8) is 0 Å². The summed E-state index contributed by atoms with van der Waals surface area (Å²) in [6.45, 7) is 7.30. The summed E-state index contributed by atoms with van der Waals surface area (Å²) in [6, 6.07) is 4.14. The number of nitrogens with one attached hydrogen (secondary N) is 1. The molecule has 0 aliphatic rings. The van der Waals surface area contributed by atoms with Gasteiger partial charge in [0.1, 0.15) is 5.75 Å². The van der Waals surface area contributed by atoms with Crippen LogP contribution in [0.4, 0.5) is 0 Å². The van der Waals surface area contributed by atoms with Gasteiger partial charge in [0, 0.05) is 6.54 Å². The van der Waals surface area contributed by atoms with E-state index in [1.165, 1.54) is 5.56 Å². The number of esters is 1. The van der Waals surface area contributed by atoms with Crippen LogP contribution in [0.3, 0.4) is 0 Å². The van der Waals surface area contributed by atoms with Crippen molar-refractivity contribution in [2.45, 2.75) is 40.2 Å². The van der Waals surface area contributed by atoms with E-state index < -0.39 is 0 Å². The van der Waals surface area contributed by atoms with Crippen LogP contribution in [0.2, 0.25) is 0 Å². The molecule has 0 saturated heterocycles. The smallest absolute Gasteiger partial charge is 0.344 e. The molecule has 112 valence electrons. The fourth-order valence-corrected chi connectivity index (χ4v) is 2.08. The van der Waals surface area contributed by atoms with Gasteiger partial charge in [-0.1, -0.05) is 25.5 Å². The van der Waals surface area contributed by atoms with E-state index >= 15 is 0 Å². The quantitative estimate of drug-likeness (QED) is 0.587. The van der Waals surface area contributed by atoms with E-state index in [4.69, 9.17) is 9.47 Å². The standard InChI is InChI=1S/C16H25NO3/c1-5-6-7-19-15(18)11-20-16-12(2)8-14(10-17-4)9-13(16)3/h8-9,17H,5-7,10-11H2,1-4H3. The van der Waals surface area contributed by atoms with Crippen molar-refractivity contribution in [1.82, 2.24) is 5.32 Å². The molecule has 0 unspecified atom stereocenters. The minimum Gasteiger partial charge on any atom is -0.481 e. The van der Waals surface area contributed by atoms with Gasteiger partial charge < -0.3 is 14.8 Å². The Morgan fingerprint density at radius 3 is 2.45 bits per heavy atom. The Labute approximate surface area is 121 Å². The van der Waals surface area contributed by atoms with Gasteiger partial charge in [0.25, 0.3) is 0 Å². The number of carbonyl (C=O) groups excluding carboxylic acids is 1. The minimum absolute atomic E-state index is 0.0310. The van der Waals surface area contributed by atoms with Crippen molar-refractivity contribution in [1.29, 1.82) is 0 Å². The molecule has 0 atom stereocenters. The Hall–Kier alpha value is -1.55. The highest BCUT2D eigenvalue weighted by atomic mass is 16.6. The van der Waals surface area contributed by atoms with E-state index in [1.54, 1.807) is 0 Å². The molecule has 0 radical (unpaired) electrons. The highest BCUT2D eigenvalue weighted by Crippen LogP contribution is 2.24. The zero-order valence-electron chi connectivity index (χ0n) is 12.9. The summed E-state index contributed by atoms with van der Waals surface area (Å²) in [4.78, 5) is 11.5. The van der Waals surface area contributed by atoms with Crippen molar-refractivity contribution in [2.75, 3.05) is 20.3 Å². The van der Waals surface area contributed by atoms with Gasteiger partial charge in [0.2, 0.25) is 0 Å². The zero-order valence-corrected chi connectivity index (χ0v) is 12.9. The van der Waals surface area contributed by atoms with Crippen LogP contribution in [0.1, 0.15) is 36.5 Å². The van der Waals surface area contributed by atoms with Crippen molar-refractivity contribution in [3.8, 4) is 5.75 Å². The van der Waals surface area contributed by atoms with E-state index in [0.717, 1.165) is 36.3 Å². The summed E-state index contributed by atoms with van der Waals surface area (Å²) in [5.74, 6) is 0.467. The predicted molar refractivity (Wildman–Crippen MR) is 80.0 cm³/mol. The maximum atomic E-state index is 11.5. The molecule has 1 N–H and O–H groups in total. The summed E-state index contributed by atoms with van der Waals surface area (Å²) in [5, 5.41) is 3.12. The van der Waals surface area contributed by atoms with Crippen molar-refractivity contribution in [3.05, 3.63) is 28.8 Å². The maximum absolute atomic E-state index is 11.5. The molecule has 0 aliphatic heterocycles. The lowest BCUT2D eigenvalue weighted by molar-refractivity contribution is -0.146. The first-order valence-electron chi connectivity index (χ1n) is 7.11. The topological polar surface area (TPSA) is 47.6 Å². The van der Waals surface area contributed by atoms with Gasteiger partial charge in [0.15, 0.2) is 6.61 Å². The first-order valence-corrected chi connectivity index (χ1v) is 7.11. The van der Waals surface area contributed by atoms with Crippen LogP contribution in [0.15, 0.2) is 12.1 Å². The number of hydrogen-bond acceptors (Lipinski definition) is 4. The molecule has 20 heavy (non-hydrogen) atoms. The molecule has 0 bridgehead atoms. The lowest BCUT2D eigenvalue weighted by Gasteiger charge is -2.13. The predicted octanol–water partition coefficient (Wildman–Crippen LogP) is 2.74. The van der Waals surface area contributed by atoms with E-state index in [9.17, 15) is 4.79 Å². The van der Waals surface area contributed by atoms with Crippen molar-refractivity contribution < 1.29 is 14.3 Å². The second kappa shape index (κ2) is 8.59. The van der Waals surface area contributed by atoms with Crippen LogP contribution in [0.5, 0.6) is 5.75 Å². The van der Waals surface area contributed by atoms with Crippen LogP contribution in [0, 0.1) is 13.8 Å². The summed E-state index contributed by atoms with van der Waals surface area (Å²) in [7, 11) is 1.92. The third-order valence-electron chi connectivity index (χ3n) is 3.00. The van der Waals surface area contributed by atoms with Crippen molar-refractivity contribution in [2.24, 2.45) is 0 Å². The number of benzene rings is 1. The molecular weight excluding hydrogens is 254 g/mol. The lowest BCUT2D eigenvalue weighted by Crippen LogP contribution is -2.16. The zero-order chi connectivity index (χ0) is 15.0. The third kappa shape index (κ3) is 5.21.